The number of nitrogens with two attached hydrogens (primary N) is 2. The van der Waals surface area contributed by atoms with Crippen molar-refractivity contribution in [3.63, 3.8) is 0 Å². The Morgan fingerprint density at radius 3 is 1.15 bits per heavy atom. The number of aromatic nitrogens is 5. The number of hydrogen-bond donors (Lipinski definition) is 2. The van der Waals surface area contributed by atoms with E-state index in [1.54, 1.807) is 90.0 Å². The van der Waals surface area contributed by atoms with Crippen LogP contribution in [-0.4, -0.2) is 139 Å². The van der Waals surface area contributed by atoms with Gasteiger partial charge < -0.3 is 20.9 Å². The zero-order valence-corrected chi connectivity index (χ0v) is 69.0. The van der Waals surface area contributed by atoms with Gasteiger partial charge in [0.1, 0.15) is 102 Å². The fourth-order valence-corrected chi connectivity index (χ4v) is 27.0. The Morgan fingerprint density at radius 1 is 0.505 bits per heavy atom. The fourth-order valence-electron chi connectivity index (χ4n) is 16.0. The summed E-state index contributed by atoms with van der Waals surface area (Å²) >= 11 is 12.4. The third-order valence-corrected chi connectivity index (χ3v) is 34.9. The number of nitriles is 2. The van der Waals surface area contributed by atoms with Gasteiger partial charge in [-0.2, -0.15) is 10.5 Å². The Labute approximate surface area is 656 Å². The minimum Gasteiger partial charge on any atom is -0.460 e. The van der Waals surface area contributed by atoms with Gasteiger partial charge in [-0.25, -0.2) is 43.9 Å². The Balaban J connectivity index is 0.000000156. The number of carbonyl (C=O) groups is 4. The maximum Gasteiger partial charge on any atom is 0.312 e. The Kier molecular flexibility index (Phi) is 20.9. The number of fused-ring (bicyclic) bond motifs is 3. The highest BCUT2D eigenvalue weighted by Gasteiger charge is 2.66. The molecular weight excluding hydrogens is 1530 g/mol. The molecule has 5 aromatic rings. The molecule has 592 valence electrons. The molecule has 0 unspecified atom stereocenters. The number of hydrogen-bond acceptors (Lipinski definition) is 24. The predicted octanol–water partition coefficient (Wildman–Crippen LogP) is 13.7. The van der Waals surface area contributed by atoms with Crippen LogP contribution in [0.25, 0.3) is 0 Å². The van der Waals surface area contributed by atoms with E-state index in [1.165, 1.54) is 60.9 Å². The minimum atomic E-state index is -3.08. The molecule has 0 saturated heterocycles. The van der Waals surface area contributed by atoms with Crippen molar-refractivity contribution >= 4 is 99.0 Å². The van der Waals surface area contributed by atoms with Crippen LogP contribution in [0.3, 0.4) is 0 Å². The minimum absolute atomic E-state index is 0.000935. The van der Waals surface area contributed by atoms with Crippen LogP contribution in [0.5, 0.6) is 0 Å². The second kappa shape index (κ2) is 28.1. The lowest BCUT2D eigenvalue weighted by atomic mass is 9.84. The Bertz CT molecular complexity index is 5390. The zero-order chi connectivity index (χ0) is 81.4. The van der Waals surface area contributed by atoms with E-state index in [-0.39, 0.29) is 109 Å². The molecule has 0 radical (unpaired) electrons. The SMILES string of the molecule is CC(C)(C)OC(=O)CC1=N[C@](C)(c2nc(CC(=O)c3ncc(C#N)cc3Cl)ccc2F)[C@H]2CC3(CC3)CN=[S@]2(=O)C1(C)C.CC(C)(C)OC(=O)CC1=N[C@](C)(c2nc(N)ccc2F)[C@H]2CC3(CC3)CN=[S@]2(=O)C1(C)C.CC1(C)C(N)=N[C@](C)(c2nc(CC(=O)c3ncc(C#N)cc3Cl)ccc2F)[C@H]2CC3(CC3)CN=[S@@]21=O. The number of esters is 2. The number of pyridine rings is 5. The van der Waals surface area contributed by atoms with Crippen LogP contribution in [0.4, 0.5) is 19.0 Å². The molecule has 9 aliphatic rings. The van der Waals surface area contributed by atoms with Gasteiger partial charge >= 0.3 is 11.9 Å². The first-order valence-corrected chi connectivity index (χ1v) is 42.4. The normalized spacial score (nSPS) is 29.3. The number of halogens is 5. The number of carbonyl (C=O) groups excluding carboxylic acids is 4. The van der Waals surface area contributed by atoms with Crippen molar-refractivity contribution in [2.45, 2.75) is 245 Å². The van der Waals surface area contributed by atoms with Crippen LogP contribution in [0.15, 0.2) is 89.0 Å². The molecule has 6 aliphatic heterocycles. The summed E-state index contributed by atoms with van der Waals surface area (Å²) in [4.78, 5) is 87.9. The monoisotopic (exact) mass is 1620 g/mol. The van der Waals surface area contributed by atoms with E-state index in [9.17, 15) is 27.6 Å². The summed E-state index contributed by atoms with van der Waals surface area (Å²) in [6, 6.07) is 14.5. The van der Waals surface area contributed by atoms with Crippen LogP contribution >= 0.6 is 23.2 Å². The van der Waals surface area contributed by atoms with Gasteiger partial charge in [0.2, 0.25) is 0 Å². The van der Waals surface area contributed by atoms with Crippen LogP contribution in [-0.2, 0) is 77.7 Å². The molecule has 14 rings (SSSR count). The quantitative estimate of drug-likeness (QED) is 0.0816. The van der Waals surface area contributed by atoms with Crippen molar-refractivity contribution in [3.05, 3.63) is 139 Å². The number of ketones is 2. The van der Waals surface area contributed by atoms with E-state index in [4.69, 9.17) is 82.7 Å². The number of amidine groups is 1. The average molecular weight is 1620 g/mol. The molecule has 11 heterocycles. The fraction of sp³-hybridized carbons (Fsp3) is 0.570. The highest BCUT2D eigenvalue weighted by Crippen LogP contribution is 2.62. The third kappa shape index (κ3) is 15.0. The van der Waals surface area contributed by atoms with Gasteiger partial charge in [0, 0.05) is 35.2 Å². The van der Waals surface area contributed by atoms with Crippen LogP contribution in [0.2, 0.25) is 10.0 Å². The zero-order valence-electron chi connectivity index (χ0n) is 65.1. The van der Waals surface area contributed by atoms with E-state index >= 15 is 17.4 Å². The summed E-state index contributed by atoms with van der Waals surface area (Å²) in [6.07, 6.45) is 9.36. The summed E-state index contributed by atoms with van der Waals surface area (Å²) in [6.45, 7) is 28.1. The van der Waals surface area contributed by atoms with E-state index in [0.717, 1.165) is 38.5 Å². The summed E-state index contributed by atoms with van der Waals surface area (Å²) in [5.74, 6) is -3.41. The first kappa shape index (κ1) is 82.3. The largest absolute Gasteiger partial charge is 0.460 e. The van der Waals surface area contributed by atoms with Gasteiger partial charge in [-0.15, -0.1) is 0 Å². The van der Waals surface area contributed by atoms with Gasteiger partial charge in [-0.3, -0.25) is 54.1 Å². The summed E-state index contributed by atoms with van der Waals surface area (Å²) in [5.41, 5.74) is 8.40. The Hall–Kier alpha value is -8.16. The molecule has 4 N–H and O–H groups in total. The first-order chi connectivity index (χ1) is 51.4. The standard InChI is InChI=1S/C31H35ClFN5O4S.C25H26ClFN6O2S.C23H33FN4O3S/c1-28(2,3)42-25(40)13-23-29(4,5)43(41)24(14-31(9-10-31)17-36-43)30(6,38-23)27-21(33)8-7-19(37-27)12-22(39)26-20(32)11-18(15-34)16-35-26;1-23(2)22(29)33-24(3,19-10-25(6-7-25)13-31-36(19,23)35)21-17(27)5-4-15(32-21)9-18(34)20-16(26)8-14(11-28)12-30-20;1-20(2,3)31-18(29)11-15-21(4,5)32(30)16(12-23(9-10-23)13-26-32)22(6,28-15)19-14(24)7-8-17(25)27-19/h7-8,11,16,24H,9-10,12-14,17H2,1-6H3;4-5,8,12,19H,6-7,9-10,13H2,1-3H3,(H2,29,33);7-8,16H,9-13H2,1-6H3,(H2,25,27)/t24-,30+,43-;19-,24+,36-;16-,22+,32-/m111/s1. The van der Waals surface area contributed by atoms with Crippen LogP contribution < -0.4 is 11.5 Å². The maximum atomic E-state index is 15.8. The van der Waals surface area contributed by atoms with Crippen molar-refractivity contribution in [3.8, 4) is 12.1 Å². The molecule has 0 bridgehead atoms. The van der Waals surface area contributed by atoms with E-state index in [0.29, 0.717) is 56.0 Å². The maximum absolute atomic E-state index is 15.8. The summed E-state index contributed by atoms with van der Waals surface area (Å²) < 4.78 is 113. The molecule has 5 aromatic heterocycles. The van der Waals surface area contributed by atoms with Crippen molar-refractivity contribution < 1.29 is 54.4 Å². The average Bonchev–Trinajstić information content (AvgIpc) is 1.69. The highest BCUT2D eigenvalue weighted by molar-refractivity contribution is 7.97. The predicted molar refractivity (Wildman–Crippen MR) is 419 cm³/mol. The summed E-state index contributed by atoms with van der Waals surface area (Å²) in [5, 5.41) is 16.4. The second-order valence-electron chi connectivity index (χ2n) is 35.1. The second-order valence-corrected chi connectivity index (χ2v) is 44.9. The number of ether oxygens (including phenoxy) is 2. The number of nitrogen functional groups attached to an aromatic ring is 1. The molecule has 3 spiro atoms. The molecule has 3 saturated carbocycles. The van der Waals surface area contributed by atoms with Crippen molar-refractivity contribution in [1.29, 1.82) is 10.5 Å². The Morgan fingerprint density at radius 2 is 0.829 bits per heavy atom. The molecule has 3 fully saturated rings. The molecule has 0 amide bonds. The van der Waals surface area contributed by atoms with Crippen molar-refractivity contribution in [2.75, 3.05) is 25.4 Å². The van der Waals surface area contributed by atoms with Gasteiger partial charge in [0.15, 0.2) is 11.6 Å². The number of anilines is 1. The topological polar surface area (TPSA) is 376 Å². The van der Waals surface area contributed by atoms with E-state index in [1.807, 2.05) is 26.0 Å². The number of aliphatic imine (C=N–C) groups is 3. The molecule has 32 heteroatoms. The van der Waals surface area contributed by atoms with Crippen molar-refractivity contribution in [1.82, 2.24) is 24.9 Å². The summed E-state index contributed by atoms with van der Waals surface area (Å²) in [7, 11) is -8.92. The third-order valence-electron chi connectivity index (χ3n) is 23.6. The number of Topliss-reactive ketones (excluding diaryl/α,β-unsaturated/α-hetero) is 2. The van der Waals surface area contributed by atoms with Crippen LogP contribution in [0, 0.1) is 56.4 Å². The molecule has 0 aromatic carbocycles. The lowest BCUT2D eigenvalue weighted by Crippen LogP contribution is -2.61. The van der Waals surface area contributed by atoms with E-state index < -0.39 is 128 Å². The molecule has 9 atom stereocenters. The lowest BCUT2D eigenvalue weighted by Gasteiger charge is -2.50. The lowest BCUT2D eigenvalue weighted by molar-refractivity contribution is -0.154. The first-order valence-electron chi connectivity index (χ1n) is 36.9. The molecule has 3 aliphatic carbocycles. The van der Waals surface area contributed by atoms with Gasteiger partial charge in [0.05, 0.1) is 121 Å². The number of rotatable bonds is 13. The molecule has 111 heavy (non-hydrogen) atoms. The smallest absolute Gasteiger partial charge is 0.312 e. The molecular formula is C79H94Cl2F3N15O9S3. The van der Waals surface area contributed by atoms with Gasteiger partial charge in [-0.1, -0.05) is 23.2 Å². The number of nitrogens with zero attached hydrogens (tertiary/aromatic N) is 13. The van der Waals surface area contributed by atoms with Gasteiger partial charge in [-0.05, 0) is 226 Å². The molecule has 24 nitrogen and oxygen atoms in total. The van der Waals surface area contributed by atoms with Gasteiger partial charge in [0.25, 0.3) is 0 Å². The highest BCUT2D eigenvalue weighted by atomic mass is 35.5. The van der Waals surface area contributed by atoms with E-state index in [2.05, 4.69) is 24.9 Å². The van der Waals surface area contributed by atoms with Crippen molar-refractivity contribution in [2.24, 2.45) is 50.0 Å². The van der Waals surface area contributed by atoms with Crippen LogP contribution in [0.1, 0.15) is 235 Å².